The van der Waals surface area contributed by atoms with Crippen molar-refractivity contribution in [2.24, 2.45) is 0 Å². The minimum Gasteiger partial charge on any atom is -0.495 e. The summed E-state index contributed by atoms with van der Waals surface area (Å²) >= 11 is 1.49. The van der Waals surface area contributed by atoms with Crippen LogP contribution < -0.4 is 4.74 Å². The van der Waals surface area contributed by atoms with Crippen LogP contribution in [0.5, 0.6) is 5.75 Å². The van der Waals surface area contributed by atoms with Crippen molar-refractivity contribution in [1.82, 2.24) is 9.80 Å². The van der Waals surface area contributed by atoms with Gasteiger partial charge in [-0.2, -0.15) is 0 Å². The summed E-state index contributed by atoms with van der Waals surface area (Å²) in [6.07, 6.45) is 4.75. The molecule has 116 valence electrons. The van der Waals surface area contributed by atoms with E-state index in [1.165, 1.54) is 30.7 Å². The monoisotopic (exact) mass is 308 g/mol. The number of hydrogen-bond donors (Lipinski definition) is 0. The Morgan fingerprint density at radius 1 is 1.33 bits per heavy atom. The zero-order chi connectivity index (χ0) is 14.8. The molecule has 1 amide bonds. The molecular weight excluding hydrogens is 284 g/mol. The van der Waals surface area contributed by atoms with E-state index in [0.717, 1.165) is 36.6 Å². The van der Waals surface area contributed by atoms with Crippen molar-refractivity contribution < 1.29 is 9.53 Å². The van der Waals surface area contributed by atoms with Crippen molar-refractivity contribution >= 4 is 17.2 Å². The van der Waals surface area contributed by atoms with E-state index in [0.29, 0.717) is 12.1 Å². The molecule has 0 unspecified atom stereocenters. The Hall–Kier alpha value is -1.07. The highest BCUT2D eigenvalue weighted by atomic mass is 32.1. The molecule has 2 fully saturated rings. The number of likely N-dealkylation sites (N-methyl/N-ethyl adjacent to an activating group) is 1. The Morgan fingerprint density at radius 3 is 2.86 bits per heavy atom. The fraction of sp³-hybridized carbons (Fsp3) is 0.688. The fourth-order valence-corrected chi connectivity index (χ4v) is 4.68. The molecule has 0 saturated carbocycles. The second-order valence-electron chi connectivity index (χ2n) is 5.86. The van der Waals surface area contributed by atoms with Crippen LogP contribution in [0.2, 0.25) is 0 Å². The first kappa shape index (κ1) is 14.9. The van der Waals surface area contributed by atoms with Crippen molar-refractivity contribution in [1.29, 1.82) is 0 Å². The molecule has 0 spiro atoms. The van der Waals surface area contributed by atoms with Gasteiger partial charge in [0.15, 0.2) is 0 Å². The number of rotatable bonds is 4. The Morgan fingerprint density at radius 2 is 2.10 bits per heavy atom. The molecule has 1 aromatic heterocycles. The molecule has 2 aliphatic heterocycles. The molecule has 4 nitrogen and oxygen atoms in total. The van der Waals surface area contributed by atoms with Crippen LogP contribution in [-0.2, 0) is 0 Å². The maximum Gasteiger partial charge on any atom is 0.268 e. The first-order chi connectivity index (χ1) is 10.3. The third-order valence-electron chi connectivity index (χ3n) is 4.87. The van der Waals surface area contributed by atoms with E-state index >= 15 is 0 Å². The smallest absolute Gasteiger partial charge is 0.268 e. The summed E-state index contributed by atoms with van der Waals surface area (Å²) in [6, 6.07) is 2.82. The molecule has 0 N–H and O–H groups in total. The lowest BCUT2D eigenvalue weighted by Gasteiger charge is -2.34. The number of likely N-dealkylation sites (tertiary alicyclic amines) is 2. The number of ether oxygens (including phenoxy) is 1. The second kappa shape index (κ2) is 6.36. The predicted molar refractivity (Wildman–Crippen MR) is 85.2 cm³/mol. The first-order valence-electron chi connectivity index (χ1n) is 7.92. The summed E-state index contributed by atoms with van der Waals surface area (Å²) in [4.78, 5) is 18.3. The van der Waals surface area contributed by atoms with Crippen LogP contribution in [0.4, 0.5) is 0 Å². The van der Waals surface area contributed by atoms with Crippen molar-refractivity contribution in [2.75, 3.05) is 26.7 Å². The van der Waals surface area contributed by atoms with Gasteiger partial charge in [0.1, 0.15) is 10.6 Å². The Labute approximate surface area is 130 Å². The van der Waals surface area contributed by atoms with Crippen LogP contribution >= 0.6 is 11.3 Å². The summed E-state index contributed by atoms with van der Waals surface area (Å²) < 4.78 is 5.32. The standard InChI is InChI=1S/C16H24N2O2S/c1-3-17-9-4-6-12(17)13-7-5-10-18(13)16(19)15-14(20-2)8-11-21-15/h8,11-13H,3-7,9-10H2,1-2H3/t12-,13-/m1/s1. The third kappa shape index (κ3) is 2.69. The van der Waals surface area contributed by atoms with Crippen LogP contribution in [0, 0.1) is 0 Å². The summed E-state index contributed by atoms with van der Waals surface area (Å²) in [5, 5.41) is 1.94. The minimum atomic E-state index is 0.160. The van der Waals surface area contributed by atoms with E-state index in [-0.39, 0.29) is 5.91 Å². The normalized spacial score (nSPS) is 26.5. The SMILES string of the molecule is CCN1CCC[C@@H]1[C@H]1CCCN1C(=O)c1sccc1OC. The topological polar surface area (TPSA) is 32.8 Å². The van der Waals surface area contributed by atoms with Crippen molar-refractivity contribution in [3.05, 3.63) is 16.3 Å². The highest BCUT2D eigenvalue weighted by molar-refractivity contribution is 7.12. The van der Waals surface area contributed by atoms with E-state index < -0.39 is 0 Å². The molecule has 2 atom stereocenters. The number of carbonyl (C=O) groups is 1. The van der Waals surface area contributed by atoms with Crippen LogP contribution in [-0.4, -0.2) is 54.5 Å². The largest absolute Gasteiger partial charge is 0.495 e. The summed E-state index contributed by atoms with van der Waals surface area (Å²) in [7, 11) is 1.64. The number of hydrogen-bond acceptors (Lipinski definition) is 4. The van der Waals surface area contributed by atoms with Crippen LogP contribution in [0.15, 0.2) is 11.4 Å². The summed E-state index contributed by atoms with van der Waals surface area (Å²) in [5.41, 5.74) is 0. The van der Waals surface area contributed by atoms with E-state index in [9.17, 15) is 4.79 Å². The molecule has 0 radical (unpaired) electrons. The zero-order valence-corrected chi connectivity index (χ0v) is 13.7. The molecule has 3 heterocycles. The van der Waals surface area contributed by atoms with Gasteiger partial charge in [-0.3, -0.25) is 9.69 Å². The van der Waals surface area contributed by atoms with E-state index in [1.807, 2.05) is 11.4 Å². The molecule has 2 saturated heterocycles. The van der Waals surface area contributed by atoms with Gasteiger partial charge in [-0.05, 0) is 50.2 Å². The first-order valence-corrected chi connectivity index (χ1v) is 8.80. The average Bonchev–Trinajstić information content (AvgIpc) is 3.23. The van der Waals surface area contributed by atoms with Crippen molar-refractivity contribution in [3.63, 3.8) is 0 Å². The van der Waals surface area contributed by atoms with Gasteiger partial charge in [-0.25, -0.2) is 0 Å². The maximum absolute atomic E-state index is 12.9. The Kier molecular flexibility index (Phi) is 4.50. The Bertz CT molecular complexity index is 502. The lowest BCUT2D eigenvalue weighted by molar-refractivity contribution is 0.0652. The van der Waals surface area contributed by atoms with Gasteiger partial charge in [-0.1, -0.05) is 6.92 Å². The molecule has 2 aliphatic rings. The van der Waals surface area contributed by atoms with Crippen LogP contribution in [0.3, 0.4) is 0 Å². The molecular formula is C16H24N2O2S. The van der Waals surface area contributed by atoms with Crippen molar-refractivity contribution in [3.8, 4) is 5.75 Å². The Balaban J connectivity index is 1.79. The second-order valence-corrected chi connectivity index (χ2v) is 6.78. The van der Waals surface area contributed by atoms with Gasteiger partial charge < -0.3 is 9.64 Å². The number of methoxy groups -OCH3 is 1. The van der Waals surface area contributed by atoms with E-state index in [2.05, 4.69) is 16.7 Å². The van der Waals surface area contributed by atoms with Crippen molar-refractivity contribution in [2.45, 2.75) is 44.7 Å². The number of thiophene rings is 1. The zero-order valence-electron chi connectivity index (χ0n) is 12.9. The third-order valence-corrected chi connectivity index (χ3v) is 5.75. The number of amides is 1. The quantitative estimate of drug-likeness (QED) is 0.857. The van der Waals surface area contributed by atoms with Gasteiger partial charge >= 0.3 is 0 Å². The number of nitrogens with zero attached hydrogens (tertiary/aromatic N) is 2. The highest BCUT2D eigenvalue weighted by Crippen LogP contribution is 2.33. The lowest BCUT2D eigenvalue weighted by Crippen LogP contribution is -2.48. The van der Waals surface area contributed by atoms with Crippen LogP contribution in [0.1, 0.15) is 42.3 Å². The predicted octanol–water partition coefficient (Wildman–Crippen LogP) is 2.85. The molecule has 3 rings (SSSR count). The maximum atomic E-state index is 12.9. The minimum absolute atomic E-state index is 0.160. The summed E-state index contributed by atoms with van der Waals surface area (Å²) in [5.74, 6) is 0.877. The highest BCUT2D eigenvalue weighted by Gasteiger charge is 2.40. The summed E-state index contributed by atoms with van der Waals surface area (Å²) in [6.45, 7) is 5.38. The van der Waals surface area contributed by atoms with Gasteiger partial charge in [0.05, 0.1) is 7.11 Å². The van der Waals surface area contributed by atoms with E-state index in [1.54, 1.807) is 7.11 Å². The van der Waals surface area contributed by atoms with Gasteiger partial charge in [0, 0.05) is 18.6 Å². The van der Waals surface area contributed by atoms with Crippen LogP contribution in [0.25, 0.3) is 0 Å². The lowest BCUT2D eigenvalue weighted by atomic mass is 10.0. The van der Waals surface area contributed by atoms with Gasteiger partial charge in [0.25, 0.3) is 5.91 Å². The van der Waals surface area contributed by atoms with Gasteiger partial charge in [0.2, 0.25) is 0 Å². The molecule has 0 aromatic carbocycles. The molecule has 0 bridgehead atoms. The van der Waals surface area contributed by atoms with Gasteiger partial charge in [-0.15, -0.1) is 11.3 Å². The molecule has 21 heavy (non-hydrogen) atoms. The molecule has 1 aromatic rings. The van der Waals surface area contributed by atoms with E-state index in [4.69, 9.17) is 4.74 Å². The number of carbonyl (C=O) groups excluding carboxylic acids is 1. The fourth-order valence-electron chi connectivity index (χ4n) is 3.87. The molecule has 5 heteroatoms. The average molecular weight is 308 g/mol. The molecule has 0 aliphatic carbocycles.